The van der Waals surface area contributed by atoms with Gasteiger partial charge in [-0.3, -0.25) is 0 Å². The molecule has 3 atom stereocenters. The molecule has 2 saturated heterocycles. The van der Waals surface area contributed by atoms with E-state index in [1.54, 1.807) is 13.1 Å². The lowest BCUT2D eigenvalue weighted by Crippen LogP contribution is -2.27. The van der Waals surface area contributed by atoms with Crippen molar-refractivity contribution < 1.29 is 13.9 Å². The molecule has 2 aliphatic rings. The first kappa shape index (κ1) is 20.6. The summed E-state index contributed by atoms with van der Waals surface area (Å²) in [7, 11) is 0. The highest BCUT2D eigenvalue weighted by Crippen LogP contribution is 2.26. The van der Waals surface area contributed by atoms with Gasteiger partial charge in [0.1, 0.15) is 29.6 Å². The van der Waals surface area contributed by atoms with Crippen LogP contribution in [0.15, 0.2) is 36.5 Å². The smallest absolute Gasteiger partial charge is 0.227 e. The molecule has 4 rings (SSSR count). The quantitative estimate of drug-likeness (QED) is 0.690. The normalized spacial score (nSPS) is 22.4. The van der Waals surface area contributed by atoms with Crippen molar-refractivity contribution in [2.24, 2.45) is 0 Å². The average molecular weight is 413 g/mol. The lowest BCUT2D eigenvalue weighted by Gasteiger charge is -2.21. The molecule has 0 spiro atoms. The van der Waals surface area contributed by atoms with Crippen LogP contribution < -0.4 is 14.5 Å². The topological polar surface area (TPSA) is 58.6 Å². The summed E-state index contributed by atoms with van der Waals surface area (Å²) in [5, 5.41) is 0. The minimum atomic E-state index is -0.793. The number of carbonyl (C=O) groups is 1. The maximum Gasteiger partial charge on any atom is 0.227 e. The van der Waals surface area contributed by atoms with E-state index in [1.165, 1.54) is 0 Å². The summed E-state index contributed by atoms with van der Waals surface area (Å²) in [6.45, 7) is 6.35. The van der Waals surface area contributed by atoms with Crippen molar-refractivity contribution >= 4 is 17.5 Å². The van der Waals surface area contributed by atoms with Crippen LogP contribution in [0, 0.1) is 0 Å². The van der Waals surface area contributed by atoms with Gasteiger partial charge >= 0.3 is 0 Å². The van der Waals surface area contributed by atoms with Gasteiger partial charge in [-0.2, -0.15) is 4.98 Å². The number of halogens is 1. The minimum absolute atomic E-state index is 0.0888. The van der Waals surface area contributed by atoms with Gasteiger partial charge in [-0.15, -0.1) is 0 Å². The van der Waals surface area contributed by atoms with E-state index < -0.39 is 6.17 Å². The number of rotatable bonds is 7. The van der Waals surface area contributed by atoms with Gasteiger partial charge in [-0.25, -0.2) is 9.37 Å². The molecule has 0 amide bonds. The fourth-order valence-electron chi connectivity index (χ4n) is 4.22. The van der Waals surface area contributed by atoms with Gasteiger partial charge in [-0.1, -0.05) is 19.1 Å². The standard InChI is InChI=1S/C23H29FN4O2/c1-16(13-17(2)29)18-3-5-20(6-4-18)30-21-9-12-27(15-21)22-7-10-25-23(26-22)28-11-8-19(24)14-28/h3-7,10,16,19,21H,8-9,11-15H2,1-2H3/t16-,19+,21-/m1/s1. The Morgan fingerprint density at radius 3 is 2.63 bits per heavy atom. The molecule has 0 N–H and O–H groups in total. The molecule has 0 radical (unpaired) electrons. The Labute approximate surface area is 177 Å². The molecule has 1 aromatic carbocycles. The van der Waals surface area contributed by atoms with E-state index >= 15 is 0 Å². The predicted octanol–water partition coefficient (Wildman–Crippen LogP) is 3.77. The van der Waals surface area contributed by atoms with Gasteiger partial charge in [0.2, 0.25) is 5.95 Å². The van der Waals surface area contributed by atoms with Crippen LogP contribution in [-0.2, 0) is 4.79 Å². The fraction of sp³-hybridized carbons (Fsp3) is 0.522. The largest absolute Gasteiger partial charge is 0.489 e. The van der Waals surface area contributed by atoms with E-state index in [0.717, 1.165) is 36.6 Å². The zero-order valence-electron chi connectivity index (χ0n) is 17.6. The van der Waals surface area contributed by atoms with Crippen LogP contribution in [0.4, 0.5) is 16.2 Å². The second kappa shape index (κ2) is 8.98. The lowest BCUT2D eigenvalue weighted by molar-refractivity contribution is -0.117. The summed E-state index contributed by atoms with van der Waals surface area (Å²) in [6.07, 6.45) is 3.06. The van der Waals surface area contributed by atoms with Gasteiger partial charge in [0.05, 0.1) is 13.1 Å². The van der Waals surface area contributed by atoms with Gasteiger partial charge in [-0.05, 0) is 43.0 Å². The van der Waals surface area contributed by atoms with Crippen LogP contribution >= 0.6 is 0 Å². The molecule has 2 aliphatic heterocycles. The molecular formula is C23H29FN4O2. The molecule has 0 bridgehead atoms. The van der Waals surface area contributed by atoms with Gasteiger partial charge in [0, 0.05) is 32.1 Å². The second-order valence-electron chi connectivity index (χ2n) is 8.40. The van der Waals surface area contributed by atoms with Crippen molar-refractivity contribution in [1.82, 2.24) is 9.97 Å². The van der Waals surface area contributed by atoms with Crippen molar-refractivity contribution in [2.45, 2.75) is 51.3 Å². The van der Waals surface area contributed by atoms with E-state index in [0.29, 0.717) is 31.9 Å². The Kier molecular flexibility index (Phi) is 6.16. The first-order valence-corrected chi connectivity index (χ1v) is 10.7. The molecule has 0 saturated carbocycles. The predicted molar refractivity (Wildman–Crippen MR) is 115 cm³/mol. The number of hydrogen-bond donors (Lipinski definition) is 0. The van der Waals surface area contributed by atoms with Crippen LogP contribution in [0.25, 0.3) is 0 Å². The Morgan fingerprint density at radius 1 is 1.17 bits per heavy atom. The second-order valence-corrected chi connectivity index (χ2v) is 8.40. The molecule has 2 aromatic rings. The van der Waals surface area contributed by atoms with Crippen LogP contribution in [0.5, 0.6) is 5.75 Å². The zero-order valence-corrected chi connectivity index (χ0v) is 17.6. The number of Topliss-reactive ketones (excluding diaryl/α,β-unsaturated/α-hetero) is 1. The van der Waals surface area contributed by atoms with Crippen LogP contribution in [-0.4, -0.2) is 54.2 Å². The lowest BCUT2D eigenvalue weighted by atomic mass is 9.96. The number of nitrogens with zero attached hydrogens (tertiary/aromatic N) is 4. The molecule has 160 valence electrons. The monoisotopic (exact) mass is 412 g/mol. The molecule has 3 heterocycles. The maximum atomic E-state index is 13.5. The van der Waals surface area contributed by atoms with E-state index in [9.17, 15) is 9.18 Å². The Bertz CT molecular complexity index is 876. The molecule has 1 aromatic heterocycles. The van der Waals surface area contributed by atoms with Crippen LogP contribution in [0.2, 0.25) is 0 Å². The first-order valence-electron chi connectivity index (χ1n) is 10.7. The molecule has 0 unspecified atom stereocenters. The fourth-order valence-corrected chi connectivity index (χ4v) is 4.22. The highest BCUT2D eigenvalue weighted by Gasteiger charge is 2.27. The van der Waals surface area contributed by atoms with E-state index in [1.807, 2.05) is 35.2 Å². The molecule has 2 fully saturated rings. The van der Waals surface area contributed by atoms with E-state index in [4.69, 9.17) is 4.74 Å². The van der Waals surface area contributed by atoms with Crippen molar-refractivity contribution in [3.05, 3.63) is 42.1 Å². The number of ketones is 1. The third-order valence-corrected chi connectivity index (χ3v) is 5.86. The van der Waals surface area contributed by atoms with E-state index in [-0.39, 0.29) is 17.8 Å². The SMILES string of the molecule is CC(=O)C[C@@H](C)c1ccc(O[C@@H]2CCN(c3ccnc(N4CC[C@H](F)C4)n3)C2)cc1. The van der Waals surface area contributed by atoms with E-state index in [2.05, 4.69) is 21.8 Å². The number of anilines is 2. The number of alkyl halides is 1. The van der Waals surface area contributed by atoms with Gasteiger partial charge in [0.15, 0.2) is 0 Å². The minimum Gasteiger partial charge on any atom is -0.489 e. The van der Waals surface area contributed by atoms with Crippen molar-refractivity contribution in [2.75, 3.05) is 36.0 Å². The summed E-state index contributed by atoms with van der Waals surface area (Å²) in [5.41, 5.74) is 1.15. The summed E-state index contributed by atoms with van der Waals surface area (Å²) >= 11 is 0. The van der Waals surface area contributed by atoms with Crippen LogP contribution in [0.3, 0.4) is 0 Å². The number of ether oxygens (including phenoxy) is 1. The van der Waals surface area contributed by atoms with Gasteiger partial charge in [0.25, 0.3) is 0 Å². The number of aromatic nitrogens is 2. The summed E-state index contributed by atoms with van der Waals surface area (Å²) in [6, 6.07) is 9.96. The highest BCUT2D eigenvalue weighted by atomic mass is 19.1. The summed E-state index contributed by atoms with van der Waals surface area (Å²) in [5.74, 6) is 2.73. The number of benzene rings is 1. The Balaban J connectivity index is 1.34. The summed E-state index contributed by atoms with van der Waals surface area (Å²) < 4.78 is 19.7. The molecule has 7 heteroatoms. The highest BCUT2D eigenvalue weighted by molar-refractivity contribution is 5.76. The Hall–Kier alpha value is -2.70. The number of hydrogen-bond acceptors (Lipinski definition) is 6. The first-order chi connectivity index (χ1) is 14.5. The maximum absolute atomic E-state index is 13.5. The summed E-state index contributed by atoms with van der Waals surface area (Å²) in [4.78, 5) is 24.4. The number of carbonyl (C=O) groups excluding carboxylic acids is 1. The molecular weight excluding hydrogens is 383 g/mol. The zero-order chi connectivity index (χ0) is 21.1. The molecule has 0 aliphatic carbocycles. The average Bonchev–Trinajstić information content (AvgIpc) is 3.37. The third kappa shape index (κ3) is 4.89. The van der Waals surface area contributed by atoms with Crippen LogP contribution in [0.1, 0.15) is 44.6 Å². The Morgan fingerprint density at radius 2 is 1.93 bits per heavy atom. The molecule has 30 heavy (non-hydrogen) atoms. The van der Waals surface area contributed by atoms with Crippen molar-refractivity contribution in [3.8, 4) is 5.75 Å². The molecule has 6 nitrogen and oxygen atoms in total. The van der Waals surface area contributed by atoms with Crippen molar-refractivity contribution in [1.29, 1.82) is 0 Å². The van der Waals surface area contributed by atoms with Gasteiger partial charge < -0.3 is 19.3 Å². The van der Waals surface area contributed by atoms with Crippen molar-refractivity contribution in [3.63, 3.8) is 0 Å². The third-order valence-electron chi connectivity index (χ3n) is 5.86.